The third-order valence-corrected chi connectivity index (χ3v) is 4.51. The number of carbonyl (C=O) groups excluding carboxylic acids is 1. The summed E-state index contributed by atoms with van der Waals surface area (Å²) in [4.78, 5) is 21.4. The quantitative estimate of drug-likeness (QED) is 0.578. The standard InChI is InChI=1S/C24H22FN5O/c1-2-5-22-19(14-26)13-21(24(31)29-16-18-7-4-10-27-15-18)23(30-22)28-11-9-17-6-3-8-20(25)12-17/h2-8,10,12-13,15H,9,11,16H2,1H3,(H,28,30)(H,29,31)/b5-2+. The molecule has 3 rings (SSSR count). The van der Waals surface area contributed by atoms with Crippen molar-refractivity contribution in [3.8, 4) is 6.07 Å². The summed E-state index contributed by atoms with van der Waals surface area (Å²) in [5.74, 6) is -0.278. The summed E-state index contributed by atoms with van der Waals surface area (Å²) in [5.41, 5.74) is 2.74. The van der Waals surface area contributed by atoms with Gasteiger partial charge in [0.1, 0.15) is 17.7 Å². The molecule has 0 aliphatic heterocycles. The zero-order chi connectivity index (χ0) is 22.1. The highest BCUT2D eigenvalue weighted by molar-refractivity contribution is 5.99. The van der Waals surface area contributed by atoms with Gasteiger partial charge in [-0.05, 0) is 54.8 Å². The zero-order valence-electron chi connectivity index (χ0n) is 17.1. The van der Waals surface area contributed by atoms with Crippen LogP contribution in [0.3, 0.4) is 0 Å². The first-order valence-electron chi connectivity index (χ1n) is 9.84. The third-order valence-electron chi connectivity index (χ3n) is 4.51. The molecule has 0 saturated heterocycles. The minimum absolute atomic E-state index is 0.271. The molecule has 1 amide bonds. The number of carbonyl (C=O) groups is 1. The number of hydrogen-bond donors (Lipinski definition) is 2. The van der Waals surface area contributed by atoms with Crippen molar-refractivity contribution in [1.29, 1.82) is 5.26 Å². The van der Waals surface area contributed by atoms with Crippen LogP contribution in [0.5, 0.6) is 0 Å². The van der Waals surface area contributed by atoms with E-state index >= 15 is 0 Å². The lowest BCUT2D eigenvalue weighted by Crippen LogP contribution is -2.25. The summed E-state index contributed by atoms with van der Waals surface area (Å²) in [5, 5.41) is 15.5. The van der Waals surface area contributed by atoms with Crippen LogP contribution in [0.15, 0.2) is 60.9 Å². The average molecular weight is 415 g/mol. The summed E-state index contributed by atoms with van der Waals surface area (Å²) in [6.07, 6.45) is 7.38. The molecule has 2 aromatic heterocycles. The molecule has 6 nitrogen and oxygen atoms in total. The number of hydrogen-bond acceptors (Lipinski definition) is 5. The lowest BCUT2D eigenvalue weighted by molar-refractivity contribution is 0.0951. The second-order valence-corrected chi connectivity index (χ2v) is 6.78. The summed E-state index contributed by atoms with van der Waals surface area (Å²) in [7, 11) is 0. The van der Waals surface area contributed by atoms with E-state index < -0.39 is 0 Å². The summed E-state index contributed by atoms with van der Waals surface area (Å²) in [6, 6.07) is 13.6. The summed E-state index contributed by atoms with van der Waals surface area (Å²) >= 11 is 0. The number of nitrogens with one attached hydrogen (secondary N) is 2. The first kappa shape index (κ1) is 21.7. The van der Waals surface area contributed by atoms with Crippen LogP contribution in [-0.4, -0.2) is 22.4 Å². The van der Waals surface area contributed by atoms with Crippen molar-refractivity contribution in [2.24, 2.45) is 0 Å². The third kappa shape index (κ3) is 5.97. The van der Waals surface area contributed by atoms with E-state index in [1.807, 2.05) is 19.1 Å². The monoisotopic (exact) mass is 415 g/mol. The van der Waals surface area contributed by atoms with Crippen molar-refractivity contribution in [1.82, 2.24) is 15.3 Å². The van der Waals surface area contributed by atoms with Crippen molar-refractivity contribution in [2.75, 3.05) is 11.9 Å². The second-order valence-electron chi connectivity index (χ2n) is 6.78. The number of nitriles is 1. The molecule has 0 unspecified atom stereocenters. The Balaban J connectivity index is 1.81. The Hall–Kier alpha value is -4.05. The largest absolute Gasteiger partial charge is 0.369 e. The molecular weight excluding hydrogens is 393 g/mol. The molecule has 0 radical (unpaired) electrons. The second kappa shape index (κ2) is 10.6. The molecule has 3 aromatic rings. The van der Waals surface area contributed by atoms with Crippen LogP contribution in [0.4, 0.5) is 10.2 Å². The molecule has 1 aromatic carbocycles. The molecule has 0 atom stereocenters. The van der Waals surface area contributed by atoms with Crippen LogP contribution in [0.25, 0.3) is 6.08 Å². The smallest absolute Gasteiger partial charge is 0.255 e. The number of halogens is 1. The van der Waals surface area contributed by atoms with Gasteiger partial charge in [0.15, 0.2) is 0 Å². The lowest BCUT2D eigenvalue weighted by Gasteiger charge is -2.13. The molecule has 2 N–H and O–H groups in total. The van der Waals surface area contributed by atoms with Gasteiger partial charge in [-0.15, -0.1) is 0 Å². The number of pyridine rings is 2. The minimum Gasteiger partial charge on any atom is -0.369 e. The first-order valence-corrected chi connectivity index (χ1v) is 9.84. The van der Waals surface area contributed by atoms with Gasteiger partial charge in [-0.2, -0.15) is 5.26 Å². The van der Waals surface area contributed by atoms with Gasteiger partial charge in [0, 0.05) is 25.5 Å². The van der Waals surface area contributed by atoms with E-state index in [0.717, 1.165) is 11.1 Å². The van der Waals surface area contributed by atoms with Gasteiger partial charge in [0.05, 0.1) is 16.8 Å². The Kier molecular flexibility index (Phi) is 7.44. The molecule has 0 aliphatic rings. The van der Waals surface area contributed by atoms with Gasteiger partial charge >= 0.3 is 0 Å². The van der Waals surface area contributed by atoms with Gasteiger partial charge in [0.2, 0.25) is 0 Å². The van der Waals surface area contributed by atoms with Gasteiger partial charge in [-0.1, -0.05) is 24.3 Å². The maximum Gasteiger partial charge on any atom is 0.255 e. The molecule has 0 aliphatic carbocycles. The fourth-order valence-corrected chi connectivity index (χ4v) is 3.01. The van der Waals surface area contributed by atoms with Crippen LogP contribution < -0.4 is 10.6 Å². The Labute approximate surface area is 180 Å². The predicted molar refractivity (Wildman–Crippen MR) is 118 cm³/mol. The van der Waals surface area contributed by atoms with Crippen molar-refractivity contribution in [2.45, 2.75) is 19.9 Å². The van der Waals surface area contributed by atoms with Gasteiger partial charge in [-0.3, -0.25) is 9.78 Å². The summed E-state index contributed by atoms with van der Waals surface area (Å²) in [6.45, 7) is 2.57. The molecule has 31 heavy (non-hydrogen) atoms. The first-order chi connectivity index (χ1) is 15.1. The number of nitrogens with zero attached hydrogens (tertiary/aromatic N) is 3. The molecule has 0 bridgehead atoms. The molecule has 0 fully saturated rings. The Bertz CT molecular complexity index is 1120. The van der Waals surface area contributed by atoms with Gasteiger partial charge in [0.25, 0.3) is 5.91 Å². The van der Waals surface area contributed by atoms with E-state index in [9.17, 15) is 14.4 Å². The van der Waals surface area contributed by atoms with E-state index in [1.54, 1.807) is 36.7 Å². The van der Waals surface area contributed by atoms with Crippen molar-refractivity contribution < 1.29 is 9.18 Å². The minimum atomic E-state index is -0.354. The van der Waals surface area contributed by atoms with Crippen LogP contribution in [0.1, 0.15) is 39.7 Å². The van der Waals surface area contributed by atoms with Crippen LogP contribution in [0, 0.1) is 17.1 Å². The number of aromatic nitrogens is 2. The predicted octanol–water partition coefficient (Wildman–Crippen LogP) is 4.11. The molecular formula is C24H22FN5O. The van der Waals surface area contributed by atoms with E-state index in [1.165, 1.54) is 18.2 Å². The van der Waals surface area contributed by atoms with Crippen molar-refractivity contribution >= 4 is 17.8 Å². The molecule has 0 spiro atoms. The summed E-state index contributed by atoms with van der Waals surface area (Å²) < 4.78 is 13.4. The fraction of sp³-hybridized carbons (Fsp3) is 0.167. The number of amides is 1. The molecule has 0 saturated carbocycles. The van der Waals surface area contributed by atoms with E-state index in [4.69, 9.17) is 0 Å². The van der Waals surface area contributed by atoms with E-state index in [-0.39, 0.29) is 17.3 Å². The van der Waals surface area contributed by atoms with Crippen LogP contribution >= 0.6 is 0 Å². The van der Waals surface area contributed by atoms with Crippen LogP contribution in [-0.2, 0) is 13.0 Å². The molecule has 2 heterocycles. The number of allylic oxidation sites excluding steroid dienone is 1. The van der Waals surface area contributed by atoms with Gasteiger partial charge < -0.3 is 10.6 Å². The number of benzene rings is 1. The number of rotatable bonds is 8. The normalized spacial score (nSPS) is 10.6. The highest BCUT2D eigenvalue weighted by Crippen LogP contribution is 2.19. The maximum atomic E-state index is 13.4. The Morgan fingerprint density at radius 1 is 1.23 bits per heavy atom. The van der Waals surface area contributed by atoms with E-state index in [2.05, 4.69) is 26.7 Å². The highest BCUT2D eigenvalue weighted by Gasteiger charge is 2.16. The zero-order valence-corrected chi connectivity index (χ0v) is 17.1. The fourth-order valence-electron chi connectivity index (χ4n) is 3.01. The van der Waals surface area contributed by atoms with E-state index in [0.29, 0.717) is 36.6 Å². The van der Waals surface area contributed by atoms with Crippen molar-refractivity contribution in [3.63, 3.8) is 0 Å². The van der Waals surface area contributed by atoms with Gasteiger partial charge in [-0.25, -0.2) is 9.37 Å². The molecule has 7 heteroatoms. The topological polar surface area (TPSA) is 90.7 Å². The average Bonchev–Trinajstić information content (AvgIpc) is 2.78. The molecule has 156 valence electrons. The highest BCUT2D eigenvalue weighted by atomic mass is 19.1. The maximum absolute atomic E-state index is 13.4. The Morgan fingerprint density at radius 3 is 2.77 bits per heavy atom. The number of anilines is 1. The van der Waals surface area contributed by atoms with Crippen molar-refractivity contribution in [3.05, 3.63) is 94.7 Å². The Morgan fingerprint density at radius 2 is 2.06 bits per heavy atom. The SMILES string of the molecule is C/C=C/c1nc(NCCc2cccc(F)c2)c(C(=O)NCc2cccnc2)cc1C#N. The van der Waals surface area contributed by atoms with Crippen LogP contribution in [0.2, 0.25) is 0 Å². The lowest BCUT2D eigenvalue weighted by atomic mass is 10.1.